The molecule has 3 aromatic carbocycles. The number of ether oxygens (including phenoxy) is 1. The average Bonchev–Trinajstić information content (AvgIpc) is 3.60. The number of carbonyl (C=O) groups is 3. The maximum absolute atomic E-state index is 12.9. The molecule has 1 fully saturated rings. The molecular formula is C28H23N3O4S. The van der Waals surface area contributed by atoms with E-state index < -0.39 is 0 Å². The molecule has 7 nitrogen and oxygen atoms in total. The van der Waals surface area contributed by atoms with Crippen molar-refractivity contribution in [2.24, 2.45) is 0 Å². The minimum Gasteiger partial charge on any atom is -0.376 e. The summed E-state index contributed by atoms with van der Waals surface area (Å²) in [5.41, 5.74) is 4.67. The van der Waals surface area contributed by atoms with Gasteiger partial charge in [-0.2, -0.15) is 0 Å². The van der Waals surface area contributed by atoms with Crippen LogP contribution in [-0.4, -0.2) is 46.9 Å². The van der Waals surface area contributed by atoms with E-state index in [0.29, 0.717) is 23.4 Å². The maximum Gasteiger partial charge on any atom is 0.261 e. The number of benzene rings is 3. The van der Waals surface area contributed by atoms with Gasteiger partial charge < -0.3 is 10.1 Å². The molecule has 4 aromatic rings. The lowest BCUT2D eigenvalue weighted by Crippen LogP contribution is -2.36. The van der Waals surface area contributed by atoms with Crippen molar-refractivity contribution in [3.8, 4) is 10.6 Å². The molecule has 1 saturated heterocycles. The second-order valence-corrected chi connectivity index (χ2v) is 10.2. The lowest BCUT2D eigenvalue weighted by Gasteiger charge is -2.17. The second-order valence-electron chi connectivity index (χ2n) is 9.14. The topological polar surface area (TPSA) is 88.6 Å². The van der Waals surface area contributed by atoms with Crippen LogP contribution in [0.5, 0.6) is 0 Å². The molecule has 1 unspecified atom stereocenters. The van der Waals surface area contributed by atoms with E-state index in [4.69, 9.17) is 9.72 Å². The van der Waals surface area contributed by atoms with Crippen LogP contribution >= 0.6 is 11.3 Å². The molecule has 2 aliphatic heterocycles. The number of fused-ring (bicyclic) bond motifs is 2. The molecule has 0 spiro atoms. The molecular weight excluding hydrogens is 474 g/mol. The first kappa shape index (κ1) is 22.6. The Hall–Kier alpha value is -3.88. The van der Waals surface area contributed by atoms with Crippen LogP contribution in [0.15, 0.2) is 60.7 Å². The van der Waals surface area contributed by atoms with E-state index in [2.05, 4.69) is 24.4 Å². The summed E-state index contributed by atoms with van der Waals surface area (Å²) in [4.78, 5) is 44.5. The number of aromatic nitrogens is 1. The number of hydrogen-bond donors (Lipinski definition) is 1. The fraction of sp³-hybridized carbons (Fsp3) is 0.214. The number of amides is 3. The van der Waals surface area contributed by atoms with Crippen molar-refractivity contribution in [2.75, 3.05) is 18.5 Å². The molecule has 1 atom stereocenters. The van der Waals surface area contributed by atoms with E-state index in [1.54, 1.807) is 23.5 Å². The molecule has 6 rings (SSSR count). The van der Waals surface area contributed by atoms with Gasteiger partial charge in [-0.1, -0.05) is 6.07 Å². The summed E-state index contributed by atoms with van der Waals surface area (Å²) in [6.45, 7) is 2.96. The second kappa shape index (κ2) is 8.96. The van der Waals surface area contributed by atoms with Gasteiger partial charge in [0.1, 0.15) is 5.01 Å². The summed E-state index contributed by atoms with van der Waals surface area (Å²) in [7, 11) is 0. The Morgan fingerprint density at radius 2 is 1.86 bits per heavy atom. The Morgan fingerprint density at radius 1 is 1.06 bits per heavy atom. The molecule has 0 aliphatic carbocycles. The predicted octanol–water partition coefficient (Wildman–Crippen LogP) is 5.30. The van der Waals surface area contributed by atoms with Gasteiger partial charge in [0.15, 0.2) is 0 Å². The van der Waals surface area contributed by atoms with Crippen molar-refractivity contribution < 1.29 is 19.1 Å². The number of hydrogen-bond acceptors (Lipinski definition) is 6. The molecule has 3 heterocycles. The normalized spacial score (nSPS) is 17.1. The third-order valence-corrected chi connectivity index (χ3v) is 7.64. The summed E-state index contributed by atoms with van der Waals surface area (Å²) in [6, 6.07) is 18.3. The highest BCUT2D eigenvalue weighted by Gasteiger charge is 2.38. The highest BCUT2D eigenvalue weighted by Crippen LogP contribution is 2.31. The number of nitrogens with zero attached hydrogens (tertiary/aromatic N) is 2. The molecule has 0 saturated carbocycles. The van der Waals surface area contributed by atoms with E-state index in [9.17, 15) is 14.4 Å². The van der Waals surface area contributed by atoms with Crippen molar-refractivity contribution in [2.45, 2.75) is 25.9 Å². The third-order valence-electron chi connectivity index (χ3n) is 6.58. The van der Waals surface area contributed by atoms with Gasteiger partial charge in [-0.15, -0.1) is 11.3 Å². The first-order valence-electron chi connectivity index (χ1n) is 11.9. The lowest BCUT2D eigenvalue weighted by molar-refractivity contribution is 0.0475. The van der Waals surface area contributed by atoms with E-state index in [1.165, 1.54) is 16.5 Å². The van der Waals surface area contributed by atoms with E-state index in [0.717, 1.165) is 33.6 Å². The van der Waals surface area contributed by atoms with Crippen LogP contribution < -0.4 is 5.32 Å². The summed E-state index contributed by atoms with van der Waals surface area (Å²) in [5.74, 6) is -1.06. The fourth-order valence-corrected chi connectivity index (χ4v) is 5.71. The van der Waals surface area contributed by atoms with Gasteiger partial charge in [0, 0.05) is 23.4 Å². The first-order valence-corrected chi connectivity index (χ1v) is 12.7. The highest BCUT2D eigenvalue weighted by molar-refractivity contribution is 7.21. The summed E-state index contributed by atoms with van der Waals surface area (Å²) >= 11 is 1.63. The Labute approximate surface area is 211 Å². The minimum absolute atomic E-state index is 0.121. The lowest BCUT2D eigenvalue weighted by atomic mass is 10.1. The Kier molecular flexibility index (Phi) is 5.62. The molecule has 180 valence electrons. The van der Waals surface area contributed by atoms with Crippen LogP contribution in [0.2, 0.25) is 0 Å². The quantitative estimate of drug-likeness (QED) is 0.378. The van der Waals surface area contributed by atoms with Crippen LogP contribution in [0, 0.1) is 6.92 Å². The monoisotopic (exact) mass is 497 g/mol. The molecule has 8 heteroatoms. The molecule has 1 aromatic heterocycles. The number of nitrogens with one attached hydrogen (secondary N) is 1. The summed E-state index contributed by atoms with van der Waals surface area (Å²) in [5, 5.41) is 3.79. The van der Waals surface area contributed by atoms with Crippen molar-refractivity contribution in [1.82, 2.24) is 9.88 Å². The van der Waals surface area contributed by atoms with Crippen LogP contribution in [0.4, 0.5) is 5.69 Å². The van der Waals surface area contributed by atoms with Crippen LogP contribution in [0.3, 0.4) is 0 Å². The van der Waals surface area contributed by atoms with Crippen LogP contribution in [0.25, 0.3) is 20.8 Å². The minimum atomic E-state index is -0.379. The zero-order valence-corrected chi connectivity index (χ0v) is 20.4. The number of imide groups is 1. The van der Waals surface area contributed by atoms with Crippen molar-refractivity contribution in [3.63, 3.8) is 0 Å². The highest BCUT2D eigenvalue weighted by atomic mass is 32.1. The predicted molar refractivity (Wildman–Crippen MR) is 139 cm³/mol. The third kappa shape index (κ3) is 4.08. The smallest absolute Gasteiger partial charge is 0.261 e. The largest absolute Gasteiger partial charge is 0.376 e. The number of aryl methyl sites for hydroxylation is 1. The summed E-state index contributed by atoms with van der Waals surface area (Å²) < 4.78 is 6.72. The van der Waals surface area contributed by atoms with Gasteiger partial charge in [-0.05, 0) is 79.9 Å². The zero-order chi connectivity index (χ0) is 24.8. The van der Waals surface area contributed by atoms with Gasteiger partial charge in [-0.25, -0.2) is 4.98 Å². The Bertz CT molecular complexity index is 1520. The fourth-order valence-electron chi connectivity index (χ4n) is 4.64. The Morgan fingerprint density at radius 3 is 2.64 bits per heavy atom. The number of thiazole rings is 1. The van der Waals surface area contributed by atoms with E-state index in [1.807, 2.05) is 30.3 Å². The van der Waals surface area contributed by atoms with Crippen molar-refractivity contribution in [3.05, 3.63) is 82.9 Å². The van der Waals surface area contributed by atoms with Gasteiger partial charge in [0.2, 0.25) is 0 Å². The standard InChI is InChI=1S/C28H23N3O4S/c1-16-4-11-23-24(13-16)36-26(30-23)17-5-8-19(9-6-17)29-25(32)18-7-10-21-22(14-18)28(34)31(27(21)33)15-20-3-2-12-35-20/h4-11,13-14,20H,2-3,12,15H2,1H3,(H,29,32). The average molecular weight is 498 g/mol. The van der Waals surface area contributed by atoms with E-state index in [-0.39, 0.29) is 35.9 Å². The van der Waals surface area contributed by atoms with Gasteiger partial charge in [-0.3, -0.25) is 19.3 Å². The van der Waals surface area contributed by atoms with Crippen molar-refractivity contribution >= 4 is 45.0 Å². The molecule has 0 radical (unpaired) electrons. The van der Waals surface area contributed by atoms with Crippen LogP contribution in [0.1, 0.15) is 49.5 Å². The number of rotatable bonds is 5. The number of carbonyl (C=O) groups excluding carboxylic acids is 3. The number of anilines is 1. The Balaban J connectivity index is 1.17. The SMILES string of the molecule is Cc1ccc2nc(-c3ccc(NC(=O)c4ccc5c(c4)C(=O)N(CC4CCCO4)C5=O)cc3)sc2c1. The molecule has 1 N–H and O–H groups in total. The summed E-state index contributed by atoms with van der Waals surface area (Å²) in [6.07, 6.45) is 1.64. The van der Waals surface area contributed by atoms with Gasteiger partial charge >= 0.3 is 0 Å². The van der Waals surface area contributed by atoms with Gasteiger partial charge in [0.05, 0.1) is 34.0 Å². The zero-order valence-electron chi connectivity index (χ0n) is 19.6. The molecule has 2 aliphatic rings. The van der Waals surface area contributed by atoms with Gasteiger partial charge in [0.25, 0.3) is 17.7 Å². The molecule has 3 amide bonds. The van der Waals surface area contributed by atoms with Crippen molar-refractivity contribution in [1.29, 1.82) is 0 Å². The maximum atomic E-state index is 12.9. The molecule has 0 bridgehead atoms. The van der Waals surface area contributed by atoms with E-state index >= 15 is 0 Å². The first-order chi connectivity index (χ1) is 17.5. The van der Waals surface area contributed by atoms with Crippen LogP contribution in [-0.2, 0) is 4.74 Å². The molecule has 36 heavy (non-hydrogen) atoms.